The van der Waals surface area contributed by atoms with Gasteiger partial charge in [0, 0.05) is 16.5 Å². The maximum atomic E-state index is 11.7. The molecule has 0 amide bonds. The Bertz CT molecular complexity index is 1640. The van der Waals surface area contributed by atoms with Gasteiger partial charge in [-0.25, -0.2) is 4.79 Å². The molecular weight excluding hydrogens is 422 g/mol. The van der Waals surface area contributed by atoms with E-state index in [0.29, 0.717) is 11.4 Å². The second kappa shape index (κ2) is 7.01. The lowest BCUT2D eigenvalue weighted by molar-refractivity contribution is 0.0697. The van der Waals surface area contributed by atoms with Crippen molar-refractivity contribution in [3.63, 3.8) is 0 Å². The highest BCUT2D eigenvalue weighted by atomic mass is 35.5. The minimum absolute atomic E-state index is 0.0577. The number of rotatable bonds is 3. The Morgan fingerprint density at radius 3 is 2.41 bits per heavy atom. The fourth-order valence-electron chi connectivity index (χ4n) is 4.35. The van der Waals surface area contributed by atoms with Gasteiger partial charge in [-0.15, -0.1) is 0 Å². The lowest BCUT2D eigenvalue weighted by Gasteiger charge is -2.12. The zero-order valence-electron chi connectivity index (χ0n) is 16.7. The van der Waals surface area contributed by atoms with Gasteiger partial charge in [0.15, 0.2) is 5.76 Å². The Hall–Kier alpha value is -4.02. The van der Waals surface area contributed by atoms with Crippen molar-refractivity contribution in [1.82, 2.24) is 4.57 Å². The summed E-state index contributed by atoms with van der Waals surface area (Å²) in [5, 5.41) is 14.1. The van der Waals surface area contributed by atoms with Crippen LogP contribution < -0.4 is 0 Å². The van der Waals surface area contributed by atoms with E-state index in [9.17, 15) is 9.90 Å². The molecule has 154 valence electrons. The molecule has 4 aromatic carbocycles. The quantitative estimate of drug-likeness (QED) is 0.311. The van der Waals surface area contributed by atoms with E-state index in [2.05, 4.69) is 30.3 Å². The number of furan rings is 1. The molecule has 0 radical (unpaired) electrons. The number of nitrogens with zero attached hydrogens (tertiary/aromatic N) is 1. The van der Waals surface area contributed by atoms with E-state index >= 15 is 0 Å². The van der Waals surface area contributed by atoms with Crippen LogP contribution in [0.5, 0.6) is 0 Å². The number of carboxylic acid groups (broad SMARTS) is 1. The van der Waals surface area contributed by atoms with E-state index in [1.54, 1.807) is 12.1 Å². The highest BCUT2D eigenvalue weighted by Crippen LogP contribution is 2.38. The van der Waals surface area contributed by atoms with Gasteiger partial charge in [-0.2, -0.15) is 0 Å². The topological polar surface area (TPSA) is 55.4 Å². The van der Waals surface area contributed by atoms with Gasteiger partial charge in [-0.05, 0) is 53.2 Å². The van der Waals surface area contributed by atoms with Crippen LogP contribution in [0.4, 0.5) is 0 Å². The zero-order chi connectivity index (χ0) is 21.8. The summed E-state index contributed by atoms with van der Waals surface area (Å²) in [6, 6.07) is 29.4. The van der Waals surface area contributed by atoms with E-state index in [0.717, 1.165) is 38.3 Å². The number of halogens is 1. The number of hydrogen-bond donors (Lipinski definition) is 1. The Morgan fingerprint density at radius 2 is 1.59 bits per heavy atom. The van der Waals surface area contributed by atoms with Crippen LogP contribution in [0.25, 0.3) is 49.8 Å². The highest BCUT2D eigenvalue weighted by molar-refractivity contribution is 6.33. The van der Waals surface area contributed by atoms with Gasteiger partial charge in [0.1, 0.15) is 5.58 Å². The summed E-state index contributed by atoms with van der Waals surface area (Å²) >= 11 is 6.15. The van der Waals surface area contributed by atoms with Crippen LogP contribution in [0.3, 0.4) is 0 Å². The van der Waals surface area contributed by atoms with E-state index in [4.69, 9.17) is 16.0 Å². The van der Waals surface area contributed by atoms with Crippen molar-refractivity contribution < 1.29 is 14.3 Å². The van der Waals surface area contributed by atoms with Crippen molar-refractivity contribution in [3.05, 3.63) is 102 Å². The first-order valence-corrected chi connectivity index (χ1v) is 10.5. The molecule has 1 N–H and O–H groups in total. The molecule has 6 rings (SSSR count). The van der Waals surface area contributed by atoms with Crippen LogP contribution >= 0.6 is 11.6 Å². The predicted octanol–water partition coefficient (Wildman–Crippen LogP) is 7.55. The van der Waals surface area contributed by atoms with Gasteiger partial charge in [0.2, 0.25) is 0 Å². The van der Waals surface area contributed by atoms with Crippen molar-refractivity contribution in [2.75, 3.05) is 0 Å². The molecule has 0 spiro atoms. The van der Waals surface area contributed by atoms with Gasteiger partial charge in [0.25, 0.3) is 0 Å². The monoisotopic (exact) mass is 437 g/mol. The molecule has 2 aromatic heterocycles. The highest BCUT2D eigenvalue weighted by Gasteiger charge is 2.19. The van der Waals surface area contributed by atoms with Gasteiger partial charge >= 0.3 is 5.97 Å². The molecule has 0 saturated carbocycles. The summed E-state index contributed by atoms with van der Waals surface area (Å²) in [6.45, 7) is 0. The fraction of sp³-hybridized carbons (Fsp3) is 0. The standard InChI is InChI=1S/C27H16ClNO3/c28-22-11-10-18(14-21(22)27(30)31)29-23-12-9-16-5-1-3-7-19(16)20(23)15-24(29)26-13-17-6-2-4-8-25(17)32-26/h1-15H,(H,30,31). The van der Waals surface area contributed by atoms with Crippen LogP contribution in [0, 0.1) is 0 Å². The molecule has 4 nitrogen and oxygen atoms in total. The molecule has 0 aliphatic rings. The van der Waals surface area contributed by atoms with Gasteiger partial charge in [-0.3, -0.25) is 0 Å². The molecule has 2 heterocycles. The van der Waals surface area contributed by atoms with Crippen molar-refractivity contribution in [1.29, 1.82) is 0 Å². The maximum absolute atomic E-state index is 11.7. The average molecular weight is 438 g/mol. The fourth-order valence-corrected chi connectivity index (χ4v) is 4.54. The third-order valence-corrected chi connectivity index (χ3v) is 6.16. The molecule has 0 unspecified atom stereocenters. The number of fused-ring (bicyclic) bond motifs is 4. The molecule has 6 aromatic rings. The minimum Gasteiger partial charge on any atom is -0.478 e. The van der Waals surface area contributed by atoms with Gasteiger partial charge < -0.3 is 14.1 Å². The summed E-state index contributed by atoms with van der Waals surface area (Å²) in [4.78, 5) is 11.7. The second-order valence-corrected chi connectivity index (χ2v) is 8.11. The third kappa shape index (κ3) is 2.81. The summed E-state index contributed by atoms with van der Waals surface area (Å²) in [7, 11) is 0. The molecule has 0 atom stereocenters. The number of carboxylic acids is 1. The van der Waals surface area contributed by atoms with E-state index < -0.39 is 5.97 Å². The van der Waals surface area contributed by atoms with Gasteiger partial charge in [0.05, 0.1) is 21.8 Å². The van der Waals surface area contributed by atoms with Crippen LogP contribution in [0.15, 0.2) is 95.4 Å². The third-order valence-electron chi connectivity index (χ3n) is 5.83. The second-order valence-electron chi connectivity index (χ2n) is 7.70. The summed E-state index contributed by atoms with van der Waals surface area (Å²) < 4.78 is 8.23. The number of hydrogen-bond acceptors (Lipinski definition) is 2. The molecule has 0 aliphatic heterocycles. The van der Waals surface area contributed by atoms with Crippen LogP contribution in [0.1, 0.15) is 10.4 Å². The molecular formula is C27H16ClNO3. The molecule has 0 fully saturated rings. The summed E-state index contributed by atoms with van der Waals surface area (Å²) in [5.41, 5.74) is 3.35. The first-order chi connectivity index (χ1) is 15.6. The number of carbonyl (C=O) groups is 1. The van der Waals surface area contributed by atoms with Crippen LogP contribution in [0.2, 0.25) is 5.02 Å². The molecule has 0 bridgehead atoms. The van der Waals surface area contributed by atoms with Crippen molar-refractivity contribution in [2.45, 2.75) is 0 Å². The zero-order valence-corrected chi connectivity index (χ0v) is 17.5. The predicted molar refractivity (Wildman–Crippen MR) is 128 cm³/mol. The lowest BCUT2D eigenvalue weighted by Crippen LogP contribution is -2.02. The number of aromatic nitrogens is 1. The minimum atomic E-state index is -1.07. The molecule has 0 aliphatic carbocycles. The summed E-state index contributed by atoms with van der Waals surface area (Å²) in [6.07, 6.45) is 0. The molecule has 0 saturated heterocycles. The number of benzene rings is 4. The number of para-hydroxylation sites is 1. The van der Waals surface area contributed by atoms with Crippen molar-refractivity contribution >= 4 is 50.2 Å². The van der Waals surface area contributed by atoms with Crippen LogP contribution in [-0.2, 0) is 0 Å². The Morgan fingerprint density at radius 1 is 0.812 bits per heavy atom. The van der Waals surface area contributed by atoms with Gasteiger partial charge in [-0.1, -0.05) is 60.1 Å². The lowest BCUT2D eigenvalue weighted by atomic mass is 10.1. The average Bonchev–Trinajstić information content (AvgIpc) is 3.41. The normalized spacial score (nSPS) is 11.5. The van der Waals surface area contributed by atoms with Crippen molar-refractivity contribution in [2.24, 2.45) is 0 Å². The number of aromatic carboxylic acids is 1. The Labute approximate surface area is 187 Å². The van der Waals surface area contributed by atoms with Crippen molar-refractivity contribution in [3.8, 4) is 17.1 Å². The van der Waals surface area contributed by atoms with E-state index in [1.165, 1.54) is 0 Å². The molecule has 32 heavy (non-hydrogen) atoms. The molecule has 5 heteroatoms. The largest absolute Gasteiger partial charge is 0.478 e. The first-order valence-electron chi connectivity index (χ1n) is 10.2. The summed E-state index contributed by atoms with van der Waals surface area (Å²) in [5.74, 6) is -0.359. The van der Waals surface area contributed by atoms with E-state index in [-0.39, 0.29) is 10.6 Å². The van der Waals surface area contributed by atoms with E-state index in [1.807, 2.05) is 53.1 Å². The first kappa shape index (κ1) is 18.7. The Balaban J connectivity index is 1.72. The SMILES string of the molecule is O=C(O)c1cc(-n2c(-c3cc4ccccc4o3)cc3c4ccccc4ccc32)ccc1Cl. The Kier molecular flexibility index (Phi) is 4.10. The smallest absolute Gasteiger partial charge is 0.337 e. The maximum Gasteiger partial charge on any atom is 0.337 e. The van der Waals surface area contributed by atoms with Crippen LogP contribution in [-0.4, -0.2) is 15.6 Å².